The largest absolute Gasteiger partial charge is 0.379 e. The van der Waals surface area contributed by atoms with Crippen LogP contribution in [0.15, 0.2) is 4.99 Å². The highest BCUT2D eigenvalue weighted by Gasteiger charge is 2.15. The molecule has 1 N–H and O–H groups in total. The Bertz CT molecular complexity index is 271. The van der Waals surface area contributed by atoms with Gasteiger partial charge < -0.3 is 15.0 Å². The Labute approximate surface area is 117 Å². The third kappa shape index (κ3) is 4.99. The van der Waals surface area contributed by atoms with Gasteiger partial charge in [0.15, 0.2) is 5.96 Å². The first-order valence-electron chi connectivity index (χ1n) is 7.73. The van der Waals surface area contributed by atoms with Gasteiger partial charge in [-0.15, -0.1) is 0 Å². The zero-order valence-electron chi connectivity index (χ0n) is 12.2. The molecule has 19 heavy (non-hydrogen) atoms. The summed E-state index contributed by atoms with van der Waals surface area (Å²) in [4.78, 5) is 9.61. The first kappa shape index (κ1) is 14.6. The topological polar surface area (TPSA) is 40.1 Å². The van der Waals surface area contributed by atoms with E-state index in [4.69, 9.17) is 9.73 Å². The lowest BCUT2D eigenvalue weighted by molar-refractivity contribution is 0.0377. The van der Waals surface area contributed by atoms with Crippen LogP contribution in [-0.4, -0.2) is 74.8 Å². The molecule has 0 bridgehead atoms. The van der Waals surface area contributed by atoms with Crippen LogP contribution in [0.1, 0.15) is 26.2 Å². The first-order chi connectivity index (χ1) is 9.40. The molecule has 5 heteroatoms. The number of morpholine rings is 1. The highest BCUT2D eigenvalue weighted by molar-refractivity contribution is 5.80. The molecule has 0 saturated carbocycles. The Morgan fingerprint density at radius 1 is 1.16 bits per heavy atom. The minimum absolute atomic E-state index is 0.889. The lowest BCUT2D eigenvalue weighted by atomic mass is 10.3. The van der Waals surface area contributed by atoms with Crippen molar-refractivity contribution in [1.82, 2.24) is 15.1 Å². The molecule has 2 heterocycles. The molecule has 2 fully saturated rings. The van der Waals surface area contributed by atoms with Crippen molar-refractivity contribution >= 4 is 5.96 Å². The van der Waals surface area contributed by atoms with E-state index in [9.17, 15) is 0 Å². The molecule has 5 nitrogen and oxygen atoms in total. The number of hydrogen-bond donors (Lipinski definition) is 1. The smallest absolute Gasteiger partial charge is 0.193 e. The molecular formula is C14H28N4O. The summed E-state index contributed by atoms with van der Waals surface area (Å²) >= 11 is 0. The zero-order chi connectivity index (χ0) is 13.3. The highest BCUT2D eigenvalue weighted by Crippen LogP contribution is 2.07. The third-order valence-electron chi connectivity index (χ3n) is 3.74. The molecule has 0 spiro atoms. The normalized spacial score (nSPS) is 21.9. The van der Waals surface area contributed by atoms with E-state index < -0.39 is 0 Å². The number of nitrogens with zero attached hydrogens (tertiary/aromatic N) is 3. The number of aliphatic imine (C=N–C) groups is 1. The van der Waals surface area contributed by atoms with Crippen LogP contribution in [0.4, 0.5) is 0 Å². The average molecular weight is 268 g/mol. The van der Waals surface area contributed by atoms with Crippen LogP contribution in [-0.2, 0) is 4.74 Å². The van der Waals surface area contributed by atoms with Crippen molar-refractivity contribution in [3.8, 4) is 0 Å². The molecule has 2 saturated heterocycles. The van der Waals surface area contributed by atoms with Crippen LogP contribution in [0.3, 0.4) is 0 Å². The van der Waals surface area contributed by atoms with Crippen LogP contribution >= 0.6 is 0 Å². The van der Waals surface area contributed by atoms with Crippen LogP contribution in [0.5, 0.6) is 0 Å². The molecule has 0 aromatic rings. The standard InChI is InChI=1S/C14H28N4O/c1-2-15-14(18-8-3-4-9-18)16-6-5-7-17-10-12-19-13-11-17/h2-13H2,1H3,(H,15,16). The Morgan fingerprint density at radius 2 is 1.89 bits per heavy atom. The van der Waals surface area contributed by atoms with Crippen LogP contribution in [0.2, 0.25) is 0 Å². The second-order valence-corrected chi connectivity index (χ2v) is 5.24. The van der Waals surface area contributed by atoms with Gasteiger partial charge in [0.2, 0.25) is 0 Å². The predicted octanol–water partition coefficient (Wildman–Crippen LogP) is 0.770. The van der Waals surface area contributed by atoms with Crippen molar-refractivity contribution in [3.05, 3.63) is 0 Å². The van der Waals surface area contributed by atoms with Crippen LogP contribution in [0.25, 0.3) is 0 Å². The van der Waals surface area contributed by atoms with Crippen molar-refractivity contribution in [2.45, 2.75) is 26.2 Å². The fourth-order valence-electron chi connectivity index (χ4n) is 2.66. The molecule has 2 aliphatic rings. The Kier molecular flexibility index (Phi) is 6.44. The van der Waals surface area contributed by atoms with E-state index in [0.29, 0.717) is 0 Å². The summed E-state index contributed by atoms with van der Waals surface area (Å²) in [6, 6.07) is 0. The fourth-order valence-corrected chi connectivity index (χ4v) is 2.66. The third-order valence-corrected chi connectivity index (χ3v) is 3.74. The Morgan fingerprint density at radius 3 is 2.58 bits per heavy atom. The second-order valence-electron chi connectivity index (χ2n) is 5.24. The maximum absolute atomic E-state index is 5.36. The molecule has 0 aromatic carbocycles. The van der Waals surface area contributed by atoms with Gasteiger partial charge in [0.05, 0.1) is 13.2 Å². The molecule has 110 valence electrons. The predicted molar refractivity (Wildman–Crippen MR) is 78.7 cm³/mol. The molecular weight excluding hydrogens is 240 g/mol. The maximum Gasteiger partial charge on any atom is 0.193 e. The zero-order valence-corrected chi connectivity index (χ0v) is 12.2. The molecule has 0 atom stereocenters. The van der Waals surface area contributed by atoms with Crippen molar-refractivity contribution in [2.75, 3.05) is 59.0 Å². The number of rotatable bonds is 5. The molecule has 2 rings (SSSR count). The fraction of sp³-hybridized carbons (Fsp3) is 0.929. The van der Waals surface area contributed by atoms with Crippen molar-refractivity contribution < 1.29 is 4.74 Å². The van der Waals surface area contributed by atoms with E-state index >= 15 is 0 Å². The molecule has 2 aliphatic heterocycles. The van der Waals surface area contributed by atoms with Crippen LogP contribution < -0.4 is 5.32 Å². The van der Waals surface area contributed by atoms with Crippen molar-refractivity contribution in [3.63, 3.8) is 0 Å². The second kappa shape index (κ2) is 8.38. The summed E-state index contributed by atoms with van der Waals surface area (Å²) in [6.45, 7) is 11.4. The number of guanidine groups is 1. The van der Waals surface area contributed by atoms with E-state index in [1.54, 1.807) is 0 Å². The van der Waals surface area contributed by atoms with Gasteiger partial charge in [-0.25, -0.2) is 0 Å². The number of nitrogens with one attached hydrogen (secondary N) is 1. The van der Waals surface area contributed by atoms with Gasteiger partial charge in [-0.3, -0.25) is 9.89 Å². The van der Waals surface area contributed by atoms with E-state index in [1.807, 2.05) is 0 Å². The average Bonchev–Trinajstić information content (AvgIpc) is 2.97. The number of hydrogen-bond acceptors (Lipinski definition) is 3. The van der Waals surface area contributed by atoms with Gasteiger partial charge in [0, 0.05) is 45.8 Å². The summed E-state index contributed by atoms with van der Waals surface area (Å²) in [5.74, 6) is 1.11. The summed E-state index contributed by atoms with van der Waals surface area (Å²) < 4.78 is 5.36. The Balaban J connectivity index is 1.68. The van der Waals surface area contributed by atoms with Gasteiger partial charge in [0.1, 0.15) is 0 Å². The van der Waals surface area contributed by atoms with E-state index in [2.05, 4.69) is 22.0 Å². The lowest BCUT2D eigenvalue weighted by Gasteiger charge is -2.26. The van der Waals surface area contributed by atoms with E-state index in [1.165, 1.54) is 12.8 Å². The summed E-state index contributed by atoms with van der Waals surface area (Å²) in [5, 5.41) is 3.41. The van der Waals surface area contributed by atoms with E-state index in [-0.39, 0.29) is 0 Å². The van der Waals surface area contributed by atoms with Gasteiger partial charge >= 0.3 is 0 Å². The SMILES string of the molecule is CCNC(=NCCCN1CCOCC1)N1CCCC1. The van der Waals surface area contributed by atoms with Crippen LogP contribution in [0, 0.1) is 0 Å². The molecule has 0 unspecified atom stereocenters. The summed E-state index contributed by atoms with van der Waals surface area (Å²) in [5.41, 5.74) is 0. The summed E-state index contributed by atoms with van der Waals surface area (Å²) in [7, 11) is 0. The van der Waals surface area contributed by atoms with Gasteiger partial charge in [0.25, 0.3) is 0 Å². The van der Waals surface area contributed by atoms with Gasteiger partial charge in [-0.05, 0) is 26.2 Å². The van der Waals surface area contributed by atoms with E-state index in [0.717, 1.165) is 71.4 Å². The molecule has 0 radical (unpaired) electrons. The number of likely N-dealkylation sites (tertiary alicyclic amines) is 1. The first-order valence-corrected chi connectivity index (χ1v) is 7.73. The minimum Gasteiger partial charge on any atom is -0.379 e. The molecule has 0 aromatic heterocycles. The molecule has 0 aliphatic carbocycles. The summed E-state index contributed by atoms with van der Waals surface area (Å²) in [6.07, 6.45) is 3.75. The van der Waals surface area contributed by atoms with Gasteiger partial charge in [-0.1, -0.05) is 0 Å². The highest BCUT2D eigenvalue weighted by atomic mass is 16.5. The lowest BCUT2D eigenvalue weighted by Crippen LogP contribution is -2.40. The number of ether oxygens (including phenoxy) is 1. The Hall–Kier alpha value is -0.810. The quantitative estimate of drug-likeness (QED) is 0.454. The molecule has 0 amide bonds. The maximum atomic E-state index is 5.36. The monoisotopic (exact) mass is 268 g/mol. The van der Waals surface area contributed by atoms with Crippen molar-refractivity contribution in [1.29, 1.82) is 0 Å². The van der Waals surface area contributed by atoms with Crippen molar-refractivity contribution in [2.24, 2.45) is 4.99 Å². The minimum atomic E-state index is 0.889. The van der Waals surface area contributed by atoms with Gasteiger partial charge in [-0.2, -0.15) is 0 Å².